The first kappa shape index (κ1) is 17.8. The van der Waals surface area contributed by atoms with Crippen molar-refractivity contribution in [3.8, 4) is 0 Å². The molecule has 0 unspecified atom stereocenters. The van der Waals surface area contributed by atoms with E-state index >= 15 is 0 Å². The Morgan fingerprint density at radius 3 is 2.27 bits per heavy atom. The van der Waals surface area contributed by atoms with Gasteiger partial charge in [0.15, 0.2) is 5.13 Å². The van der Waals surface area contributed by atoms with Gasteiger partial charge in [-0.3, -0.25) is 0 Å². The van der Waals surface area contributed by atoms with Crippen LogP contribution in [0, 0.1) is 0 Å². The van der Waals surface area contributed by atoms with Gasteiger partial charge >= 0.3 is 11.9 Å². The highest BCUT2D eigenvalue weighted by Crippen LogP contribution is 2.18. The molecule has 122 valence electrons. The number of hydrogen-bond donors (Lipinski definition) is 2. The lowest BCUT2D eigenvalue weighted by atomic mass is 10.1. The summed E-state index contributed by atoms with van der Waals surface area (Å²) in [5.41, 5.74) is 2.66. The highest BCUT2D eigenvalue weighted by molar-refractivity contribution is 7.09. The summed E-state index contributed by atoms with van der Waals surface area (Å²) >= 11 is 0.823. The summed E-state index contributed by atoms with van der Waals surface area (Å²) in [6.07, 6.45) is 0. The highest BCUT2D eigenvalue weighted by atomic mass is 32.1. The van der Waals surface area contributed by atoms with Crippen molar-refractivity contribution in [2.45, 2.75) is 45.8 Å². The van der Waals surface area contributed by atoms with Crippen LogP contribution in [0.15, 0.2) is 5.16 Å². The van der Waals surface area contributed by atoms with Gasteiger partial charge in [0.25, 0.3) is 0 Å². The standard InChI is InChI=1S/C12H18N4O5S/c1-11(2,3)20-9(19)12(4,5)21-15-6(8(17)18)7-14-10(13)22-16-7/h1-5H3,(H,17,18)(H2,13,14,16)/b15-6+. The average Bonchev–Trinajstić information content (AvgIpc) is 2.73. The van der Waals surface area contributed by atoms with E-state index in [4.69, 9.17) is 20.4 Å². The lowest BCUT2D eigenvalue weighted by Crippen LogP contribution is -2.40. The number of carboxylic acids is 1. The van der Waals surface area contributed by atoms with Gasteiger partial charge in [-0.15, -0.1) is 0 Å². The number of oxime groups is 1. The van der Waals surface area contributed by atoms with Crippen LogP contribution in [0.1, 0.15) is 40.4 Å². The van der Waals surface area contributed by atoms with Crippen LogP contribution in [0.4, 0.5) is 5.13 Å². The Bertz CT molecular complexity index is 603. The van der Waals surface area contributed by atoms with E-state index in [2.05, 4.69) is 14.5 Å². The molecule has 1 aromatic rings. The van der Waals surface area contributed by atoms with Crippen LogP contribution in [0.25, 0.3) is 0 Å². The molecule has 3 N–H and O–H groups in total. The predicted octanol–water partition coefficient (Wildman–Crippen LogP) is 1.05. The second-order valence-corrected chi connectivity index (χ2v) is 6.59. The van der Waals surface area contributed by atoms with Crippen LogP contribution in [-0.4, -0.2) is 43.3 Å². The number of carbonyl (C=O) groups is 2. The Labute approximate surface area is 131 Å². The predicted molar refractivity (Wildman–Crippen MR) is 79.5 cm³/mol. The van der Waals surface area contributed by atoms with Crippen molar-refractivity contribution < 1.29 is 24.3 Å². The van der Waals surface area contributed by atoms with Crippen molar-refractivity contribution in [1.82, 2.24) is 9.36 Å². The molecule has 0 aliphatic heterocycles. The van der Waals surface area contributed by atoms with Crippen LogP contribution in [0.2, 0.25) is 0 Å². The van der Waals surface area contributed by atoms with Gasteiger partial charge in [0, 0.05) is 11.5 Å². The van der Waals surface area contributed by atoms with E-state index in [0.717, 1.165) is 11.5 Å². The third-order valence-corrected chi connectivity index (χ3v) is 2.65. The van der Waals surface area contributed by atoms with Crippen molar-refractivity contribution in [2.75, 3.05) is 5.73 Å². The first-order valence-electron chi connectivity index (χ1n) is 6.25. The van der Waals surface area contributed by atoms with E-state index in [0.29, 0.717) is 0 Å². The fourth-order valence-electron chi connectivity index (χ4n) is 1.10. The molecule has 0 amide bonds. The van der Waals surface area contributed by atoms with Gasteiger partial charge in [0.1, 0.15) is 5.60 Å². The number of aromatic nitrogens is 2. The fourth-order valence-corrected chi connectivity index (χ4v) is 1.54. The number of aliphatic carboxylic acids is 1. The molecule has 0 radical (unpaired) electrons. The number of hydrogen-bond acceptors (Lipinski definition) is 9. The zero-order valence-electron chi connectivity index (χ0n) is 12.9. The first-order chi connectivity index (χ1) is 9.92. The van der Waals surface area contributed by atoms with Gasteiger partial charge in [-0.25, -0.2) is 9.59 Å². The zero-order chi connectivity index (χ0) is 17.1. The summed E-state index contributed by atoms with van der Waals surface area (Å²) in [6, 6.07) is 0. The molecule has 1 rings (SSSR count). The molecule has 22 heavy (non-hydrogen) atoms. The summed E-state index contributed by atoms with van der Waals surface area (Å²) in [5.74, 6) is -2.27. The molecule has 0 fully saturated rings. The van der Waals surface area contributed by atoms with Crippen molar-refractivity contribution in [3.05, 3.63) is 5.82 Å². The number of nitrogens with two attached hydrogens (primary N) is 1. The van der Waals surface area contributed by atoms with E-state index in [1.165, 1.54) is 13.8 Å². The highest BCUT2D eigenvalue weighted by Gasteiger charge is 2.36. The topological polar surface area (TPSA) is 137 Å². The Morgan fingerprint density at radius 1 is 1.27 bits per heavy atom. The minimum atomic E-state index is -1.48. The molecule has 0 saturated carbocycles. The molecular formula is C12H18N4O5S. The Balaban J connectivity index is 2.94. The number of esters is 1. The number of carbonyl (C=O) groups excluding carboxylic acids is 1. The quantitative estimate of drug-likeness (QED) is 0.464. The van der Waals surface area contributed by atoms with E-state index < -0.39 is 28.9 Å². The number of carboxylic acid groups (broad SMARTS) is 1. The number of rotatable bonds is 5. The van der Waals surface area contributed by atoms with Crippen molar-refractivity contribution in [2.24, 2.45) is 5.16 Å². The van der Waals surface area contributed by atoms with Crippen LogP contribution in [0.3, 0.4) is 0 Å². The third-order valence-electron chi connectivity index (χ3n) is 2.11. The number of nitrogen functional groups attached to an aromatic ring is 1. The van der Waals surface area contributed by atoms with E-state index in [9.17, 15) is 9.59 Å². The van der Waals surface area contributed by atoms with Crippen molar-refractivity contribution >= 4 is 34.3 Å². The van der Waals surface area contributed by atoms with Gasteiger partial charge < -0.3 is 20.4 Å². The molecule has 0 bridgehead atoms. The molecule has 1 aromatic heterocycles. The summed E-state index contributed by atoms with van der Waals surface area (Å²) in [5, 5.41) is 12.7. The molecule has 0 atom stereocenters. The summed E-state index contributed by atoms with van der Waals surface area (Å²) in [7, 11) is 0. The lowest BCUT2D eigenvalue weighted by molar-refractivity contribution is -0.179. The average molecular weight is 330 g/mol. The molecule has 0 saturated heterocycles. The van der Waals surface area contributed by atoms with Crippen LogP contribution in [-0.2, 0) is 19.2 Å². The largest absolute Gasteiger partial charge is 0.476 e. The maximum Gasteiger partial charge on any atom is 0.362 e. The maximum atomic E-state index is 12.0. The van der Waals surface area contributed by atoms with Crippen LogP contribution >= 0.6 is 11.5 Å². The second-order valence-electron chi connectivity index (χ2n) is 5.80. The van der Waals surface area contributed by atoms with E-state index in [1.54, 1.807) is 20.8 Å². The number of ether oxygens (including phenoxy) is 1. The van der Waals surface area contributed by atoms with Crippen molar-refractivity contribution in [3.63, 3.8) is 0 Å². The molecule has 9 nitrogen and oxygen atoms in total. The molecule has 0 aromatic carbocycles. The zero-order valence-corrected chi connectivity index (χ0v) is 13.7. The molecular weight excluding hydrogens is 312 g/mol. The summed E-state index contributed by atoms with van der Waals surface area (Å²) in [6.45, 7) is 7.93. The molecule has 0 aliphatic carbocycles. The second kappa shape index (κ2) is 6.26. The monoisotopic (exact) mass is 330 g/mol. The molecule has 0 aliphatic rings. The van der Waals surface area contributed by atoms with Gasteiger partial charge in [0.05, 0.1) is 0 Å². The SMILES string of the molecule is CC(C)(C)OC(=O)C(C)(C)O/N=C(/C(=O)O)c1nsc(N)n1. The Kier molecular flexibility index (Phi) is 5.07. The van der Waals surface area contributed by atoms with Gasteiger partial charge in [-0.2, -0.15) is 9.36 Å². The van der Waals surface area contributed by atoms with E-state index in [-0.39, 0.29) is 11.0 Å². The summed E-state index contributed by atoms with van der Waals surface area (Å²) in [4.78, 5) is 31.9. The number of anilines is 1. The Hall–Kier alpha value is -2.23. The fraction of sp³-hybridized carbons (Fsp3) is 0.583. The Morgan fingerprint density at radius 2 is 1.86 bits per heavy atom. The van der Waals surface area contributed by atoms with Gasteiger partial charge in [-0.1, -0.05) is 5.16 Å². The summed E-state index contributed by atoms with van der Waals surface area (Å²) < 4.78 is 8.92. The van der Waals surface area contributed by atoms with Crippen LogP contribution in [0.5, 0.6) is 0 Å². The minimum Gasteiger partial charge on any atom is -0.476 e. The first-order valence-corrected chi connectivity index (χ1v) is 7.02. The molecule has 0 spiro atoms. The smallest absolute Gasteiger partial charge is 0.362 e. The van der Waals surface area contributed by atoms with Gasteiger partial charge in [-0.05, 0) is 34.6 Å². The van der Waals surface area contributed by atoms with Crippen molar-refractivity contribution in [1.29, 1.82) is 0 Å². The van der Waals surface area contributed by atoms with Gasteiger partial charge in [0.2, 0.25) is 17.1 Å². The van der Waals surface area contributed by atoms with Crippen LogP contribution < -0.4 is 5.73 Å². The molecule has 1 heterocycles. The van der Waals surface area contributed by atoms with E-state index in [1.807, 2.05) is 0 Å². The lowest BCUT2D eigenvalue weighted by Gasteiger charge is -2.26. The molecule has 10 heteroatoms. The normalized spacial score (nSPS) is 12.9. The number of nitrogens with zero attached hydrogens (tertiary/aromatic N) is 3. The third kappa shape index (κ3) is 4.95. The maximum absolute atomic E-state index is 12.0. The minimum absolute atomic E-state index is 0.0929.